The average Bonchev–Trinajstić information content (AvgIpc) is 2.34. The van der Waals surface area contributed by atoms with E-state index in [1.807, 2.05) is 6.92 Å². The predicted molar refractivity (Wildman–Crippen MR) is 36.3 cm³/mol. The number of rotatable bonds is 2. The summed E-state index contributed by atoms with van der Waals surface area (Å²) in [5.41, 5.74) is 5.61. The lowest BCUT2D eigenvalue weighted by atomic mass is 10.2. The highest BCUT2D eigenvalue weighted by atomic mass is 16.5. The maximum atomic E-state index is 5.61. The Balaban J connectivity index is 2.74. The van der Waals surface area contributed by atoms with Gasteiger partial charge in [-0.15, -0.1) is 0 Å². The molecule has 1 rings (SSSR count). The molecule has 0 saturated carbocycles. The molecule has 0 aliphatic carbocycles. The van der Waals surface area contributed by atoms with Crippen LogP contribution in [0.3, 0.4) is 0 Å². The zero-order chi connectivity index (χ0) is 7.56. The molecule has 0 aliphatic heterocycles. The molecule has 0 radical (unpaired) electrons. The van der Waals surface area contributed by atoms with Gasteiger partial charge in [0.2, 0.25) is 5.89 Å². The topological polar surface area (TPSA) is 64.9 Å². The molecule has 0 aliphatic rings. The van der Waals surface area contributed by atoms with E-state index in [1.165, 1.54) is 0 Å². The molecule has 0 saturated heterocycles. The second-order valence-electron chi connectivity index (χ2n) is 2.19. The van der Waals surface area contributed by atoms with E-state index in [2.05, 4.69) is 10.1 Å². The first-order valence-electron chi connectivity index (χ1n) is 3.29. The van der Waals surface area contributed by atoms with Gasteiger partial charge in [-0.2, -0.15) is 4.98 Å². The van der Waals surface area contributed by atoms with E-state index in [9.17, 15) is 0 Å². The van der Waals surface area contributed by atoms with Crippen molar-refractivity contribution in [3.63, 3.8) is 0 Å². The van der Waals surface area contributed by atoms with Gasteiger partial charge in [0, 0.05) is 0 Å². The van der Waals surface area contributed by atoms with Crippen LogP contribution in [0.5, 0.6) is 0 Å². The third kappa shape index (κ3) is 1.33. The van der Waals surface area contributed by atoms with Crippen LogP contribution in [0.4, 0.5) is 0 Å². The summed E-state index contributed by atoms with van der Waals surface area (Å²) in [4.78, 5) is 3.98. The molecule has 1 unspecified atom stereocenters. The summed E-state index contributed by atoms with van der Waals surface area (Å²) in [5.74, 6) is 1.17. The maximum absolute atomic E-state index is 5.61. The lowest BCUT2D eigenvalue weighted by Gasteiger charge is -1.98. The van der Waals surface area contributed by atoms with E-state index in [4.69, 9.17) is 10.3 Å². The summed E-state index contributed by atoms with van der Waals surface area (Å²) in [6, 6.07) is -0.110. The standard InChI is InChI=1S/C6H11N3O/c1-3-5(7)6-8-4(2)9-10-6/h5H,3,7H2,1-2H3. The number of hydrogen-bond acceptors (Lipinski definition) is 4. The Morgan fingerprint density at radius 3 is 2.80 bits per heavy atom. The van der Waals surface area contributed by atoms with Crippen molar-refractivity contribution in [2.24, 2.45) is 5.73 Å². The van der Waals surface area contributed by atoms with Crippen molar-refractivity contribution in [3.05, 3.63) is 11.7 Å². The molecule has 0 fully saturated rings. The normalized spacial score (nSPS) is 13.5. The zero-order valence-corrected chi connectivity index (χ0v) is 6.16. The van der Waals surface area contributed by atoms with Gasteiger partial charge >= 0.3 is 0 Å². The van der Waals surface area contributed by atoms with E-state index in [0.29, 0.717) is 11.7 Å². The molecule has 0 spiro atoms. The van der Waals surface area contributed by atoms with Gasteiger partial charge in [-0.25, -0.2) is 0 Å². The highest BCUT2D eigenvalue weighted by molar-refractivity contribution is 4.88. The van der Waals surface area contributed by atoms with E-state index in [0.717, 1.165) is 6.42 Å². The molecule has 0 aromatic carbocycles. The SMILES string of the molecule is CCC(N)c1nc(C)no1. The fourth-order valence-electron chi connectivity index (χ4n) is 0.638. The van der Waals surface area contributed by atoms with Crippen molar-refractivity contribution < 1.29 is 4.52 Å². The zero-order valence-electron chi connectivity index (χ0n) is 6.16. The van der Waals surface area contributed by atoms with Crippen LogP contribution in [-0.2, 0) is 0 Å². The minimum Gasteiger partial charge on any atom is -0.338 e. The first-order valence-corrected chi connectivity index (χ1v) is 3.29. The fraction of sp³-hybridized carbons (Fsp3) is 0.667. The molecular formula is C6H11N3O. The van der Waals surface area contributed by atoms with Crippen molar-refractivity contribution in [1.82, 2.24) is 10.1 Å². The van der Waals surface area contributed by atoms with E-state index in [1.54, 1.807) is 6.92 Å². The van der Waals surface area contributed by atoms with Crippen LogP contribution in [0.15, 0.2) is 4.52 Å². The molecule has 1 heterocycles. The summed E-state index contributed by atoms with van der Waals surface area (Å²) in [7, 11) is 0. The van der Waals surface area contributed by atoms with Gasteiger partial charge in [-0.1, -0.05) is 12.1 Å². The molecular weight excluding hydrogens is 130 g/mol. The van der Waals surface area contributed by atoms with Gasteiger partial charge in [0.15, 0.2) is 5.82 Å². The quantitative estimate of drug-likeness (QED) is 0.661. The first kappa shape index (κ1) is 7.21. The molecule has 1 aromatic heterocycles. The van der Waals surface area contributed by atoms with Crippen LogP contribution >= 0.6 is 0 Å². The Morgan fingerprint density at radius 1 is 1.70 bits per heavy atom. The molecule has 0 bridgehead atoms. The minimum absolute atomic E-state index is 0.110. The predicted octanol–water partition coefficient (Wildman–Crippen LogP) is 0.788. The van der Waals surface area contributed by atoms with Crippen LogP contribution in [0.25, 0.3) is 0 Å². The number of aromatic nitrogens is 2. The molecule has 1 aromatic rings. The lowest BCUT2D eigenvalue weighted by molar-refractivity contribution is 0.349. The first-order chi connectivity index (χ1) is 4.74. The highest BCUT2D eigenvalue weighted by Crippen LogP contribution is 2.09. The van der Waals surface area contributed by atoms with Gasteiger partial charge in [0.1, 0.15) is 0 Å². The van der Waals surface area contributed by atoms with Gasteiger partial charge in [-0.05, 0) is 13.3 Å². The maximum Gasteiger partial charge on any atom is 0.243 e. The van der Waals surface area contributed by atoms with Crippen molar-refractivity contribution in [2.75, 3.05) is 0 Å². The number of nitrogens with zero attached hydrogens (tertiary/aromatic N) is 2. The minimum atomic E-state index is -0.110. The van der Waals surface area contributed by atoms with Gasteiger partial charge in [-0.3, -0.25) is 0 Å². The second-order valence-corrected chi connectivity index (χ2v) is 2.19. The third-order valence-electron chi connectivity index (χ3n) is 1.30. The summed E-state index contributed by atoms with van der Waals surface area (Å²) in [6.45, 7) is 3.75. The Hall–Kier alpha value is -0.900. The van der Waals surface area contributed by atoms with Crippen LogP contribution in [0, 0.1) is 6.92 Å². The molecule has 0 amide bonds. The van der Waals surface area contributed by atoms with E-state index in [-0.39, 0.29) is 6.04 Å². The number of aryl methyl sites for hydroxylation is 1. The third-order valence-corrected chi connectivity index (χ3v) is 1.30. The highest BCUT2D eigenvalue weighted by Gasteiger charge is 2.09. The largest absolute Gasteiger partial charge is 0.338 e. The smallest absolute Gasteiger partial charge is 0.243 e. The van der Waals surface area contributed by atoms with Crippen molar-refractivity contribution >= 4 is 0 Å². The Labute approximate surface area is 59.4 Å². The summed E-state index contributed by atoms with van der Waals surface area (Å²) >= 11 is 0. The van der Waals surface area contributed by atoms with Crippen LogP contribution in [-0.4, -0.2) is 10.1 Å². The van der Waals surface area contributed by atoms with E-state index < -0.39 is 0 Å². The van der Waals surface area contributed by atoms with Crippen molar-refractivity contribution in [1.29, 1.82) is 0 Å². The Bertz CT molecular complexity index is 209. The molecule has 56 valence electrons. The number of hydrogen-bond donors (Lipinski definition) is 1. The fourth-order valence-corrected chi connectivity index (χ4v) is 0.638. The van der Waals surface area contributed by atoms with Crippen molar-refractivity contribution in [2.45, 2.75) is 26.3 Å². The molecule has 4 nitrogen and oxygen atoms in total. The van der Waals surface area contributed by atoms with Gasteiger partial charge < -0.3 is 10.3 Å². The summed E-state index contributed by atoms with van der Waals surface area (Å²) < 4.78 is 4.83. The monoisotopic (exact) mass is 141 g/mol. The van der Waals surface area contributed by atoms with E-state index >= 15 is 0 Å². The molecule has 10 heavy (non-hydrogen) atoms. The van der Waals surface area contributed by atoms with Crippen LogP contribution in [0.2, 0.25) is 0 Å². The van der Waals surface area contributed by atoms with Gasteiger partial charge in [0.25, 0.3) is 0 Å². The summed E-state index contributed by atoms with van der Waals surface area (Å²) in [6.07, 6.45) is 0.821. The average molecular weight is 141 g/mol. The van der Waals surface area contributed by atoms with Crippen molar-refractivity contribution in [3.8, 4) is 0 Å². The van der Waals surface area contributed by atoms with Crippen LogP contribution < -0.4 is 5.73 Å². The lowest BCUT2D eigenvalue weighted by Crippen LogP contribution is -2.08. The number of nitrogens with two attached hydrogens (primary N) is 1. The van der Waals surface area contributed by atoms with Gasteiger partial charge in [0.05, 0.1) is 6.04 Å². The molecule has 2 N–H and O–H groups in total. The van der Waals surface area contributed by atoms with Crippen LogP contribution in [0.1, 0.15) is 31.1 Å². The molecule has 1 atom stereocenters. The Kier molecular flexibility index (Phi) is 2.01. The Morgan fingerprint density at radius 2 is 2.40 bits per heavy atom. The molecule has 4 heteroatoms. The second kappa shape index (κ2) is 2.79. The summed E-state index contributed by atoms with van der Waals surface area (Å²) in [5, 5.41) is 3.62.